The molecule has 106 valence electrons. The van der Waals surface area contributed by atoms with Gasteiger partial charge in [0.1, 0.15) is 4.90 Å². The number of nitrogens with one attached hydrogen (secondary N) is 2. The number of benzene rings is 1. The first-order valence-electron chi connectivity index (χ1n) is 6.26. The minimum atomic E-state index is -3.50. The van der Waals surface area contributed by atoms with Crippen molar-refractivity contribution in [2.45, 2.75) is 17.7 Å². The minimum Gasteiger partial charge on any atom is -0.323 e. The van der Waals surface area contributed by atoms with Crippen LogP contribution in [-0.2, 0) is 10.0 Å². The molecule has 1 heterocycles. The molecule has 0 aromatic heterocycles. The van der Waals surface area contributed by atoms with Crippen molar-refractivity contribution in [2.24, 2.45) is 11.8 Å². The van der Waals surface area contributed by atoms with E-state index in [4.69, 9.17) is 5.84 Å². The van der Waals surface area contributed by atoms with Crippen molar-refractivity contribution in [2.75, 3.05) is 23.5 Å². The van der Waals surface area contributed by atoms with Crippen molar-refractivity contribution in [1.29, 1.82) is 0 Å². The van der Waals surface area contributed by atoms with Gasteiger partial charge in [0.15, 0.2) is 0 Å². The molecule has 1 saturated heterocycles. The van der Waals surface area contributed by atoms with Crippen LogP contribution in [0.1, 0.15) is 12.8 Å². The number of anilines is 1. The molecule has 7 heteroatoms. The summed E-state index contributed by atoms with van der Waals surface area (Å²) in [6.07, 6.45) is 2.15. The molecule has 0 aliphatic carbocycles. The van der Waals surface area contributed by atoms with E-state index < -0.39 is 10.0 Å². The molecule has 5 nitrogen and oxygen atoms in total. The fraction of sp³-hybridized carbons (Fsp3) is 0.500. The molecule has 19 heavy (non-hydrogen) atoms. The van der Waals surface area contributed by atoms with Crippen LogP contribution in [0, 0.1) is 5.92 Å². The molecule has 0 radical (unpaired) electrons. The first-order valence-corrected chi connectivity index (χ1v) is 8.90. The second-order valence-electron chi connectivity index (χ2n) is 4.55. The van der Waals surface area contributed by atoms with Gasteiger partial charge in [-0.25, -0.2) is 13.1 Å². The Hall–Kier alpha value is -0.760. The van der Waals surface area contributed by atoms with Gasteiger partial charge in [-0.05, 0) is 42.4 Å². The van der Waals surface area contributed by atoms with Gasteiger partial charge >= 0.3 is 0 Å². The molecular weight excluding hydrogens is 282 g/mol. The van der Waals surface area contributed by atoms with Gasteiger partial charge in [0.05, 0.1) is 5.69 Å². The van der Waals surface area contributed by atoms with E-state index in [1.807, 2.05) is 11.8 Å². The number of nitrogens with two attached hydrogens (primary N) is 1. The highest BCUT2D eigenvalue weighted by molar-refractivity contribution is 7.99. The summed E-state index contributed by atoms with van der Waals surface area (Å²) >= 11 is 1.93. The molecule has 2 rings (SSSR count). The van der Waals surface area contributed by atoms with Crippen LogP contribution in [0.4, 0.5) is 5.69 Å². The molecule has 0 atom stereocenters. The van der Waals surface area contributed by atoms with Crippen LogP contribution in [-0.4, -0.2) is 26.5 Å². The third kappa shape index (κ3) is 3.85. The molecule has 0 saturated carbocycles. The summed E-state index contributed by atoms with van der Waals surface area (Å²) in [5.41, 5.74) is 2.83. The van der Waals surface area contributed by atoms with Gasteiger partial charge in [-0.15, -0.1) is 0 Å². The topological polar surface area (TPSA) is 84.2 Å². The molecule has 0 amide bonds. The van der Waals surface area contributed by atoms with Crippen molar-refractivity contribution in [1.82, 2.24) is 4.72 Å². The monoisotopic (exact) mass is 301 g/mol. The number of hydrogen-bond acceptors (Lipinski definition) is 5. The maximum Gasteiger partial charge on any atom is 0.242 e. The van der Waals surface area contributed by atoms with Gasteiger partial charge in [0.25, 0.3) is 0 Å². The Morgan fingerprint density at radius 3 is 2.63 bits per heavy atom. The first-order chi connectivity index (χ1) is 9.13. The van der Waals surface area contributed by atoms with E-state index in [1.165, 1.54) is 0 Å². The zero-order valence-corrected chi connectivity index (χ0v) is 12.3. The van der Waals surface area contributed by atoms with Crippen LogP contribution >= 0.6 is 11.8 Å². The zero-order chi connectivity index (χ0) is 13.7. The lowest BCUT2D eigenvalue weighted by atomic mass is 10.0. The Kier molecular flexibility index (Phi) is 5.09. The number of hydrazine groups is 1. The molecule has 1 aliphatic heterocycles. The van der Waals surface area contributed by atoms with Crippen molar-refractivity contribution < 1.29 is 8.42 Å². The van der Waals surface area contributed by atoms with E-state index >= 15 is 0 Å². The highest BCUT2D eigenvalue weighted by atomic mass is 32.2. The van der Waals surface area contributed by atoms with Gasteiger partial charge in [0.2, 0.25) is 10.0 Å². The van der Waals surface area contributed by atoms with Gasteiger partial charge < -0.3 is 5.43 Å². The smallest absolute Gasteiger partial charge is 0.242 e. The molecule has 0 spiro atoms. The standard InChI is InChI=1S/C12H19N3O2S2/c13-15-11-3-1-2-4-12(11)19(16,17)14-9-10-5-7-18-8-6-10/h1-4,10,14-15H,5-9,13H2. The molecule has 1 aromatic carbocycles. The highest BCUT2D eigenvalue weighted by Gasteiger charge is 2.20. The van der Waals surface area contributed by atoms with Crippen LogP contribution in [0.5, 0.6) is 0 Å². The Bertz CT molecular complexity index is 513. The Morgan fingerprint density at radius 1 is 1.26 bits per heavy atom. The number of hydrogen-bond donors (Lipinski definition) is 3. The fourth-order valence-electron chi connectivity index (χ4n) is 2.08. The number of sulfonamides is 1. The van der Waals surface area contributed by atoms with Crippen LogP contribution < -0.4 is 16.0 Å². The van der Waals surface area contributed by atoms with Crippen LogP contribution in [0.25, 0.3) is 0 Å². The summed E-state index contributed by atoms with van der Waals surface area (Å²) in [4.78, 5) is 0.197. The molecule has 4 N–H and O–H groups in total. The lowest BCUT2D eigenvalue weighted by Crippen LogP contribution is -2.31. The molecule has 1 aliphatic rings. The maximum atomic E-state index is 12.2. The van der Waals surface area contributed by atoms with Gasteiger partial charge in [-0.3, -0.25) is 5.84 Å². The zero-order valence-electron chi connectivity index (χ0n) is 10.6. The van der Waals surface area contributed by atoms with Crippen LogP contribution in [0.2, 0.25) is 0 Å². The number of para-hydroxylation sites is 1. The van der Waals surface area contributed by atoms with Crippen LogP contribution in [0.3, 0.4) is 0 Å². The van der Waals surface area contributed by atoms with E-state index in [9.17, 15) is 8.42 Å². The summed E-state index contributed by atoms with van der Waals surface area (Å²) in [5, 5.41) is 0. The van der Waals surface area contributed by atoms with E-state index in [2.05, 4.69) is 10.1 Å². The van der Waals surface area contributed by atoms with Crippen molar-refractivity contribution in [3.8, 4) is 0 Å². The summed E-state index contributed by atoms with van der Waals surface area (Å²) in [7, 11) is -3.50. The third-order valence-electron chi connectivity index (χ3n) is 3.23. The molecule has 1 fully saturated rings. The first kappa shape index (κ1) is 14.6. The number of nitrogen functional groups attached to an aromatic ring is 1. The maximum absolute atomic E-state index is 12.2. The summed E-state index contributed by atoms with van der Waals surface area (Å²) in [6.45, 7) is 0.502. The Labute approximate surface area is 118 Å². The van der Waals surface area contributed by atoms with Gasteiger partial charge in [0, 0.05) is 6.54 Å². The summed E-state index contributed by atoms with van der Waals surface area (Å²) in [6, 6.07) is 6.62. The molecular formula is C12H19N3O2S2. The Morgan fingerprint density at radius 2 is 1.95 bits per heavy atom. The van der Waals surface area contributed by atoms with Crippen molar-refractivity contribution in [3.05, 3.63) is 24.3 Å². The quantitative estimate of drug-likeness (QED) is 0.565. The van der Waals surface area contributed by atoms with E-state index in [1.54, 1.807) is 24.3 Å². The number of thioether (sulfide) groups is 1. The predicted molar refractivity (Wildman–Crippen MR) is 79.5 cm³/mol. The second kappa shape index (κ2) is 6.60. The van der Waals surface area contributed by atoms with Crippen molar-refractivity contribution >= 4 is 27.5 Å². The lowest BCUT2D eigenvalue weighted by molar-refractivity contribution is 0.477. The SMILES string of the molecule is NNc1ccccc1S(=O)(=O)NCC1CCSCC1. The van der Waals surface area contributed by atoms with E-state index in [-0.39, 0.29) is 4.90 Å². The van der Waals surface area contributed by atoms with E-state index in [0.717, 1.165) is 24.3 Å². The van der Waals surface area contributed by atoms with Gasteiger partial charge in [-0.2, -0.15) is 11.8 Å². The highest BCUT2D eigenvalue weighted by Crippen LogP contribution is 2.23. The lowest BCUT2D eigenvalue weighted by Gasteiger charge is -2.21. The average Bonchev–Trinajstić information content (AvgIpc) is 2.46. The summed E-state index contributed by atoms with van der Waals surface area (Å²) < 4.78 is 27.2. The largest absolute Gasteiger partial charge is 0.323 e. The second-order valence-corrected chi connectivity index (χ2v) is 7.51. The van der Waals surface area contributed by atoms with Crippen LogP contribution in [0.15, 0.2) is 29.2 Å². The van der Waals surface area contributed by atoms with Gasteiger partial charge in [-0.1, -0.05) is 12.1 Å². The summed E-state index contributed by atoms with van der Waals surface area (Å²) in [5.74, 6) is 8.02. The normalized spacial score (nSPS) is 17.3. The number of rotatable bonds is 5. The fourth-order valence-corrected chi connectivity index (χ4v) is 4.57. The predicted octanol–water partition coefficient (Wildman–Crippen LogP) is 1.39. The molecule has 0 unspecified atom stereocenters. The van der Waals surface area contributed by atoms with E-state index in [0.29, 0.717) is 18.2 Å². The average molecular weight is 301 g/mol. The Balaban J connectivity index is 2.05. The van der Waals surface area contributed by atoms with Crippen molar-refractivity contribution in [3.63, 3.8) is 0 Å². The third-order valence-corrected chi connectivity index (χ3v) is 5.77. The molecule has 0 bridgehead atoms. The molecule has 1 aromatic rings. The minimum absolute atomic E-state index is 0.197.